The molecule has 1 N–H and O–H groups in total. The van der Waals surface area contributed by atoms with Crippen molar-refractivity contribution in [1.29, 1.82) is 0 Å². The van der Waals surface area contributed by atoms with Crippen molar-refractivity contribution in [3.05, 3.63) is 0 Å². The van der Waals surface area contributed by atoms with Crippen molar-refractivity contribution in [2.45, 2.75) is 45.0 Å². The molecule has 0 aliphatic carbocycles. The van der Waals surface area contributed by atoms with Crippen LogP contribution in [-0.4, -0.2) is 60.4 Å². The second-order valence-corrected chi connectivity index (χ2v) is 4.71. The molecule has 104 valence electrons. The van der Waals surface area contributed by atoms with Crippen LogP contribution in [0, 0.1) is 0 Å². The molecule has 18 heavy (non-hydrogen) atoms. The Morgan fingerprint density at radius 2 is 2.00 bits per heavy atom. The Balaban J connectivity index is 2.33. The fourth-order valence-electron chi connectivity index (χ4n) is 1.78. The number of carbonyl (C=O) groups is 2. The first kappa shape index (κ1) is 14.9. The molecule has 6 nitrogen and oxygen atoms in total. The summed E-state index contributed by atoms with van der Waals surface area (Å²) in [5, 5.41) is 8.78. The Morgan fingerprint density at radius 1 is 1.39 bits per heavy atom. The molecule has 1 saturated heterocycles. The second-order valence-electron chi connectivity index (χ2n) is 4.71. The lowest BCUT2D eigenvalue weighted by Gasteiger charge is -2.21. The monoisotopic (exact) mass is 259 g/mol. The van der Waals surface area contributed by atoms with Gasteiger partial charge in [0.25, 0.3) is 5.91 Å². The molecule has 2 atom stereocenters. The number of carboxylic acid groups (broad SMARTS) is 1. The quantitative estimate of drug-likeness (QED) is 0.751. The SMILES string of the molecule is CC(C)OCCN(C)C(=O)[C@@H]1CC[C@H](C(=O)O)O1. The van der Waals surface area contributed by atoms with E-state index >= 15 is 0 Å². The number of rotatable bonds is 6. The van der Waals surface area contributed by atoms with E-state index in [0.29, 0.717) is 26.0 Å². The zero-order chi connectivity index (χ0) is 13.7. The van der Waals surface area contributed by atoms with Crippen molar-refractivity contribution < 1.29 is 24.2 Å². The summed E-state index contributed by atoms with van der Waals surface area (Å²) in [5.41, 5.74) is 0. The van der Waals surface area contributed by atoms with Gasteiger partial charge in [0.1, 0.15) is 6.10 Å². The molecule has 1 aliphatic heterocycles. The van der Waals surface area contributed by atoms with Gasteiger partial charge < -0.3 is 19.5 Å². The Bertz CT molecular complexity index is 305. The lowest BCUT2D eigenvalue weighted by molar-refractivity contribution is -0.154. The summed E-state index contributed by atoms with van der Waals surface area (Å²) in [6.07, 6.45) is -0.491. The highest BCUT2D eigenvalue weighted by molar-refractivity contribution is 5.82. The number of carbonyl (C=O) groups excluding carboxylic acids is 1. The third kappa shape index (κ3) is 4.27. The fourth-order valence-corrected chi connectivity index (χ4v) is 1.78. The summed E-state index contributed by atoms with van der Waals surface area (Å²) >= 11 is 0. The van der Waals surface area contributed by atoms with Gasteiger partial charge in [-0.25, -0.2) is 4.79 Å². The van der Waals surface area contributed by atoms with Gasteiger partial charge >= 0.3 is 5.97 Å². The zero-order valence-electron chi connectivity index (χ0n) is 11.1. The van der Waals surface area contributed by atoms with E-state index in [9.17, 15) is 9.59 Å². The van der Waals surface area contributed by atoms with Crippen molar-refractivity contribution in [3.8, 4) is 0 Å². The minimum atomic E-state index is -1.00. The van der Waals surface area contributed by atoms with Gasteiger partial charge in [-0.15, -0.1) is 0 Å². The predicted molar refractivity (Wildman–Crippen MR) is 64.3 cm³/mol. The third-order valence-corrected chi connectivity index (χ3v) is 2.82. The molecule has 1 aliphatic rings. The first-order valence-electron chi connectivity index (χ1n) is 6.16. The van der Waals surface area contributed by atoms with Gasteiger partial charge in [-0.05, 0) is 26.7 Å². The summed E-state index contributed by atoms with van der Waals surface area (Å²) in [4.78, 5) is 24.2. The smallest absolute Gasteiger partial charge is 0.332 e. The molecule has 0 unspecified atom stereocenters. The van der Waals surface area contributed by atoms with Gasteiger partial charge in [-0.3, -0.25) is 4.79 Å². The maximum Gasteiger partial charge on any atom is 0.332 e. The highest BCUT2D eigenvalue weighted by atomic mass is 16.5. The normalized spacial score (nSPS) is 23.3. The third-order valence-electron chi connectivity index (χ3n) is 2.82. The molecule has 1 fully saturated rings. The second kappa shape index (κ2) is 6.70. The highest BCUT2D eigenvalue weighted by Gasteiger charge is 2.35. The van der Waals surface area contributed by atoms with Crippen LogP contribution in [0.1, 0.15) is 26.7 Å². The van der Waals surface area contributed by atoms with Gasteiger partial charge in [0.15, 0.2) is 6.10 Å². The molecule has 0 bridgehead atoms. The molecule has 1 amide bonds. The van der Waals surface area contributed by atoms with Crippen molar-refractivity contribution in [1.82, 2.24) is 4.90 Å². The molecule has 6 heteroatoms. The van der Waals surface area contributed by atoms with E-state index in [1.54, 1.807) is 7.05 Å². The molecule has 1 rings (SSSR count). The molecule has 0 saturated carbocycles. The van der Waals surface area contributed by atoms with Crippen LogP contribution in [0.5, 0.6) is 0 Å². The van der Waals surface area contributed by atoms with Crippen LogP contribution in [0.2, 0.25) is 0 Å². The summed E-state index contributed by atoms with van der Waals surface area (Å²) in [6.45, 7) is 4.81. The first-order chi connectivity index (χ1) is 8.41. The Morgan fingerprint density at radius 3 is 2.50 bits per heavy atom. The molecule has 0 aromatic heterocycles. The maximum absolute atomic E-state index is 11.9. The van der Waals surface area contributed by atoms with E-state index in [0.717, 1.165) is 0 Å². The van der Waals surface area contributed by atoms with Crippen LogP contribution < -0.4 is 0 Å². The van der Waals surface area contributed by atoms with Crippen LogP contribution >= 0.6 is 0 Å². The van der Waals surface area contributed by atoms with E-state index in [-0.39, 0.29) is 12.0 Å². The number of likely N-dealkylation sites (N-methyl/N-ethyl adjacent to an activating group) is 1. The summed E-state index contributed by atoms with van der Waals surface area (Å²) in [7, 11) is 1.67. The van der Waals surface area contributed by atoms with E-state index in [1.165, 1.54) is 4.90 Å². The van der Waals surface area contributed by atoms with Gasteiger partial charge in [-0.1, -0.05) is 0 Å². The number of ether oxygens (including phenoxy) is 2. The molecular weight excluding hydrogens is 238 g/mol. The molecular formula is C12H21NO5. The van der Waals surface area contributed by atoms with Crippen molar-refractivity contribution in [3.63, 3.8) is 0 Å². The minimum Gasteiger partial charge on any atom is -0.479 e. The molecule has 0 aromatic rings. The standard InChI is InChI=1S/C12H21NO5/c1-8(2)17-7-6-13(3)11(14)9-4-5-10(18-9)12(15)16/h8-10H,4-7H2,1-3H3,(H,15,16)/t9-,10+/m0/s1. The number of carboxylic acids is 1. The van der Waals surface area contributed by atoms with Gasteiger partial charge in [0.2, 0.25) is 0 Å². The first-order valence-corrected chi connectivity index (χ1v) is 6.16. The van der Waals surface area contributed by atoms with Crippen LogP contribution in [0.15, 0.2) is 0 Å². The van der Waals surface area contributed by atoms with E-state index in [2.05, 4.69) is 0 Å². The van der Waals surface area contributed by atoms with Gasteiger partial charge in [-0.2, -0.15) is 0 Å². The van der Waals surface area contributed by atoms with Crippen LogP contribution in [0.25, 0.3) is 0 Å². The lowest BCUT2D eigenvalue weighted by atomic mass is 10.2. The van der Waals surface area contributed by atoms with Gasteiger partial charge in [0.05, 0.1) is 12.7 Å². The summed E-state index contributed by atoms with van der Waals surface area (Å²) in [6, 6.07) is 0. The predicted octanol–water partition coefficient (Wildman–Crippen LogP) is 0.502. The van der Waals surface area contributed by atoms with Crippen LogP contribution in [-0.2, 0) is 19.1 Å². The Labute approximate surface area is 107 Å². The fraction of sp³-hybridized carbons (Fsp3) is 0.833. The molecule has 0 spiro atoms. The van der Waals surface area contributed by atoms with E-state index in [4.69, 9.17) is 14.6 Å². The van der Waals surface area contributed by atoms with Gasteiger partial charge in [0, 0.05) is 13.6 Å². The van der Waals surface area contributed by atoms with E-state index < -0.39 is 18.2 Å². The van der Waals surface area contributed by atoms with E-state index in [1.807, 2.05) is 13.8 Å². The van der Waals surface area contributed by atoms with Crippen LogP contribution in [0.3, 0.4) is 0 Å². The molecule has 1 heterocycles. The minimum absolute atomic E-state index is 0.132. The Hall–Kier alpha value is -1.14. The average Bonchev–Trinajstić information content (AvgIpc) is 2.76. The lowest BCUT2D eigenvalue weighted by Crippen LogP contribution is -2.39. The topological polar surface area (TPSA) is 76.1 Å². The molecule has 0 aromatic carbocycles. The number of nitrogens with zero attached hydrogens (tertiary/aromatic N) is 1. The molecule has 0 radical (unpaired) electrons. The maximum atomic E-state index is 11.9. The number of hydrogen-bond acceptors (Lipinski definition) is 4. The largest absolute Gasteiger partial charge is 0.479 e. The highest BCUT2D eigenvalue weighted by Crippen LogP contribution is 2.21. The average molecular weight is 259 g/mol. The van der Waals surface area contributed by atoms with Crippen molar-refractivity contribution in [2.24, 2.45) is 0 Å². The summed E-state index contributed by atoms with van der Waals surface area (Å²) < 4.78 is 10.6. The zero-order valence-corrected chi connectivity index (χ0v) is 11.1. The number of amides is 1. The van der Waals surface area contributed by atoms with Crippen molar-refractivity contribution in [2.75, 3.05) is 20.2 Å². The number of hydrogen-bond donors (Lipinski definition) is 1. The number of aliphatic carboxylic acids is 1. The van der Waals surface area contributed by atoms with Crippen molar-refractivity contribution >= 4 is 11.9 Å². The summed E-state index contributed by atoms with van der Waals surface area (Å²) in [5.74, 6) is -1.18. The van der Waals surface area contributed by atoms with Crippen LogP contribution in [0.4, 0.5) is 0 Å². The Kier molecular flexibility index (Phi) is 5.55.